The molecule has 0 aromatic heterocycles. The molecule has 2 nitrogen and oxygen atoms in total. The number of rotatable bonds is 5. The van der Waals surface area contributed by atoms with Crippen LogP contribution in [0.2, 0.25) is 10.0 Å². The van der Waals surface area contributed by atoms with Gasteiger partial charge >= 0.3 is 0 Å². The van der Waals surface area contributed by atoms with Crippen molar-refractivity contribution < 1.29 is 4.74 Å². The molecule has 2 aromatic rings. The van der Waals surface area contributed by atoms with E-state index < -0.39 is 0 Å². The maximum Gasteiger partial charge on any atom is 0.124 e. The summed E-state index contributed by atoms with van der Waals surface area (Å²) >= 11 is 12.5. The Bertz CT molecular complexity index is 628. The van der Waals surface area contributed by atoms with Crippen LogP contribution in [0.4, 0.5) is 0 Å². The van der Waals surface area contributed by atoms with Crippen molar-refractivity contribution in [1.29, 1.82) is 0 Å². The standard InChI is InChI=1S/C17H19Cl2NO/c1-4-21-16-8-5-11(2)9-14(16)17(20-3)13-10-12(18)6-7-15(13)19/h5-10,17,20H,4H2,1-3H3. The van der Waals surface area contributed by atoms with Crippen LogP contribution in [0.1, 0.15) is 29.7 Å². The van der Waals surface area contributed by atoms with E-state index in [2.05, 4.69) is 18.3 Å². The van der Waals surface area contributed by atoms with Crippen LogP contribution in [0.25, 0.3) is 0 Å². The molecular formula is C17H19Cl2NO. The molecule has 0 bridgehead atoms. The van der Waals surface area contributed by atoms with Crippen LogP contribution in [0.3, 0.4) is 0 Å². The molecule has 1 unspecified atom stereocenters. The first-order chi connectivity index (χ1) is 10.1. The summed E-state index contributed by atoms with van der Waals surface area (Å²) in [5.41, 5.74) is 3.17. The van der Waals surface area contributed by atoms with Crippen molar-refractivity contribution in [2.45, 2.75) is 19.9 Å². The molecule has 1 N–H and O–H groups in total. The van der Waals surface area contributed by atoms with Crippen molar-refractivity contribution in [3.63, 3.8) is 0 Å². The molecular weight excluding hydrogens is 305 g/mol. The van der Waals surface area contributed by atoms with Crippen LogP contribution in [0.15, 0.2) is 36.4 Å². The summed E-state index contributed by atoms with van der Waals surface area (Å²) in [7, 11) is 1.90. The molecule has 0 fully saturated rings. The van der Waals surface area contributed by atoms with Crippen molar-refractivity contribution in [2.75, 3.05) is 13.7 Å². The van der Waals surface area contributed by atoms with Gasteiger partial charge in [-0.15, -0.1) is 0 Å². The largest absolute Gasteiger partial charge is 0.494 e. The van der Waals surface area contributed by atoms with E-state index in [-0.39, 0.29) is 6.04 Å². The van der Waals surface area contributed by atoms with E-state index >= 15 is 0 Å². The quantitative estimate of drug-likeness (QED) is 0.835. The molecule has 0 heterocycles. The molecule has 0 spiro atoms. The summed E-state index contributed by atoms with van der Waals surface area (Å²) in [6, 6.07) is 11.6. The molecule has 21 heavy (non-hydrogen) atoms. The van der Waals surface area contributed by atoms with Gasteiger partial charge in [-0.25, -0.2) is 0 Å². The van der Waals surface area contributed by atoms with Crippen molar-refractivity contribution in [3.05, 3.63) is 63.1 Å². The first-order valence-electron chi connectivity index (χ1n) is 6.92. The van der Waals surface area contributed by atoms with Crippen LogP contribution in [0, 0.1) is 6.92 Å². The number of hydrogen-bond acceptors (Lipinski definition) is 2. The van der Waals surface area contributed by atoms with E-state index in [1.807, 2.05) is 38.2 Å². The highest BCUT2D eigenvalue weighted by Crippen LogP contribution is 2.35. The molecule has 2 rings (SSSR count). The molecule has 0 aliphatic carbocycles. The van der Waals surface area contributed by atoms with Crippen molar-refractivity contribution in [3.8, 4) is 5.75 Å². The maximum atomic E-state index is 6.35. The van der Waals surface area contributed by atoms with Gasteiger partial charge in [0.2, 0.25) is 0 Å². The zero-order chi connectivity index (χ0) is 15.4. The van der Waals surface area contributed by atoms with Gasteiger partial charge in [0.15, 0.2) is 0 Å². The highest BCUT2D eigenvalue weighted by atomic mass is 35.5. The second kappa shape index (κ2) is 7.17. The van der Waals surface area contributed by atoms with Gasteiger partial charge in [0.05, 0.1) is 12.6 Å². The molecule has 0 amide bonds. The average Bonchev–Trinajstić information content (AvgIpc) is 2.46. The lowest BCUT2D eigenvalue weighted by atomic mass is 9.96. The number of nitrogens with one attached hydrogen (secondary N) is 1. The fourth-order valence-corrected chi connectivity index (χ4v) is 2.80. The fourth-order valence-electron chi connectivity index (χ4n) is 2.39. The number of aryl methyl sites for hydroxylation is 1. The Morgan fingerprint density at radius 3 is 2.52 bits per heavy atom. The van der Waals surface area contributed by atoms with Crippen molar-refractivity contribution in [1.82, 2.24) is 5.32 Å². The second-order valence-electron chi connectivity index (χ2n) is 4.86. The first-order valence-corrected chi connectivity index (χ1v) is 7.68. The van der Waals surface area contributed by atoms with Gasteiger partial charge < -0.3 is 10.1 Å². The number of halogens is 2. The highest BCUT2D eigenvalue weighted by molar-refractivity contribution is 6.33. The molecule has 1 atom stereocenters. The molecule has 112 valence electrons. The zero-order valence-electron chi connectivity index (χ0n) is 12.4. The van der Waals surface area contributed by atoms with Gasteiger partial charge in [-0.3, -0.25) is 0 Å². The van der Waals surface area contributed by atoms with E-state index in [9.17, 15) is 0 Å². The molecule has 0 aliphatic rings. The van der Waals surface area contributed by atoms with E-state index in [1.165, 1.54) is 5.56 Å². The van der Waals surface area contributed by atoms with Crippen LogP contribution in [0.5, 0.6) is 5.75 Å². The lowest BCUT2D eigenvalue weighted by Crippen LogP contribution is -2.19. The zero-order valence-corrected chi connectivity index (χ0v) is 13.9. The molecule has 0 aliphatic heterocycles. The predicted octanol–water partition coefficient (Wildman–Crippen LogP) is 5.01. The first kappa shape index (κ1) is 16.2. The number of hydrogen-bond donors (Lipinski definition) is 1. The third-order valence-corrected chi connectivity index (χ3v) is 3.91. The van der Waals surface area contributed by atoms with Crippen LogP contribution in [-0.2, 0) is 0 Å². The van der Waals surface area contributed by atoms with Gasteiger partial charge in [-0.05, 0) is 50.7 Å². The predicted molar refractivity (Wildman–Crippen MR) is 89.7 cm³/mol. The van der Waals surface area contributed by atoms with Crippen molar-refractivity contribution >= 4 is 23.2 Å². The highest BCUT2D eigenvalue weighted by Gasteiger charge is 2.19. The summed E-state index contributed by atoms with van der Waals surface area (Å²) in [5, 5.41) is 4.66. The normalized spacial score (nSPS) is 12.2. The third-order valence-electron chi connectivity index (χ3n) is 3.33. The Labute approximate surface area is 136 Å². The van der Waals surface area contributed by atoms with Crippen molar-refractivity contribution in [2.24, 2.45) is 0 Å². The lowest BCUT2D eigenvalue weighted by Gasteiger charge is -2.22. The maximum absolute atomic E-state index is 6.35. The topological polar surface area (TPSA) is 21.3 Å². The number of ether oxygens (including phenoxy) is 1. The molecule has 0 saturated carbocycles. The Hall–Kier alpha value is -1.22. The Balaban J connectivity index is 2.55. The van der Waals surface area contributed by atoms with Crippen LogP contribution < -0.4 is 10.1 Å². The SMILES string of the molecule is CCOc1ccc(C)cc1C(NC)c1cc(Cl)ccc1Cl. The number of benzene rings is 2. The average molecular weight is 324 g/mol. The summed E-state index contributed by atoms with van der Waals surface area (Å²) in [6.07, 6.45) is 0. The fraction of sp³-hybridized carbons (Fsp3) is 0.294. The monoisotopic (exact) mass is 323 g/mol. The summed E-state index contributed by atoms with van der Waals surface area (Å²) in [5.74, 6) is 0.860. The second-order valence-corrected chi connectivity index (χ2v) is 5.71. The van der Waals surface area contributed by atoms with Gasteiger partial charge in [0.1, 0.15) is 5.75 Å². The van der Waals surface area contributed by atoms with Crippen LogP contribution in [-0.4, -0.2) is 13.7 Å². The minimum Gasteiger partial charge on any atom is -0.494 e. The summed E-state index contributed by atoms with van der Waals surface area (Å²) < 4.78 is 5.75. The minimum absolute atomic E-state index is 0.0716. The molecule has 0 radical (unpaired) electrons. The van der Waals surface area contributed by atoms with Gasteiger partial charge in [0, 0.05) is 15.6 Å². The van der Waals surface area contributed by atoms with E-state index in [1.54, 1.807) is 6.07 Å². The molecule has 4 heteroatoms. The van der Waals surface area contributed by atoms with Gasteiger partial charge in [0.25, 0.3) is 0 Å². The Morgan fingerprint density at radius 2 is 1.86 bits per heavy atom. The third kappa shape index (κ3) is 3.70. The van der Waals surface area contributed by atoms with E-state index in [4.69, 9.17) is 27.9 Å². The van der Waals surface area contributed by atoms with E-state index in [0.717, 1.165) is 16.9 Å². The van der Waals surface area contributed by atoms with Gasteiger partial charge in [-0.1, -0.05) is 40.9 Å². The van der Waals surface area contributed by atoms with Gasteiger partial charge in [-0.2, -0.15) is 0 Å². The summed E-state index contributed by atoms with van der Waals surface area (Å²) in [6.45, 7) is 4.66. The Kier molecular flexibility index (Phi) is 5.51. The molecule has 0 saturated heterocycles. The summed E-state index contributed by atoms with van der Waals surface area (Å²) in [4.78, 5) is 0. The Morgan fingerprint density at radius 1 is 1.10 bits per heavy atom. The lowest BCUT2D eigenvalue weighted by molar-refractivity contribution is 0.334. The van der Waals surface area contributed by atoms with Crippen LogP contribution >= 0.6 is 23.2 Å². The molecule has 2 aromatic carbocycles. The van der Waals surface area contributed by atoms with E-state index in [0.29, 0.717) is 16.7 Å². The smallest absolute Gasteiger partial charge is 0.124 e. The minimum atomic E-state index is -0.0716.